The highest BCUT2D eigenvalue weighted by Gasteiger charge is 2.20. The van der Waals surface area contributed by atoms with Crippen LogP contribution in [0.15, 0.2) is 109 Å². The molecule has 0 bridgehead atoms. The molecule has 0 atom stereocenters. The Hall–Kier alpha value is -4.20. The number of nitrogens with zero attached hydrogens (tertiary/aromatic N) is 2. The molecule has 0 amide bonds. The molecule has 1 N–H and O–H groups in total. The number of fused-ring (bicyclic) bond motifs is 2. The van der Waals surface area contributed by atoms with Gasteiger partial charge < -0.3 is 14.6 Å². The van der Waals surface area contributed by atoms with E-state index < -0.39 is 10.1 Å². The van der Waals surface area contributed by atoms with E-state index >= 15 is 0 Å². The summed E-state index contributed by atoms with van der Waals surface area (Å²) < 4.78 is 34.0. The summed E-state index contributed by atoms with van der Waals surface area (Å²) in [7, 11) is -4.47. The average Bonchev–Trinajstić information content (AvgIpc) is 2.99. The lowest BCUT2D eigenvalue weighted by atomic mass is 9.95. The third-order valence-corrected chi connectivity index (χ3v) is 8.54. The van der Waals surface area contributed by atoms with Crippen molar-refractivity contribution in [2.24, 2.45) is 0 Å². The topological polar surface area (TPSA) is 84.5 Å². The molecule has 1 aliphatic heterocycles. The van der Waals surface area contributed by atoms with Crippen LogP contribution in [-0.2, 0) is 16.7 Å². The fraction of sp³-hybridized carbons (Fsp3) is 0.206. The Balaban J connectivity index is 0.000000237. The van der Waals surface area contributed by atoms with Crippen molar-refractivity contribution in [1.82, 2.24) is 0 Å². The maximum Gasteiger partial charge on any atom is 0.213 e. The lowest BCUT2D eigenvalue weighted by Gasteiger charge is -2.29. The summed E-state index contributed by atoms with van der Waals surface area (Å²) in [6.45, 7) is 8.63. The highest BCUT2D eigenvalue weighted by Crippen LogP contribution is 2.35. The largest absolute Gasteiger partial charge is 0.744 e. The molecule has 210 valence electrons. The van der Waals surface area contributed by atoms with Crippen molar-refractivity contribution in [3.63, 3.8) is 0 Å². The van der Waals surface area contributed by atoms with Crippen LogP contribution in [0.1, 0.15) is 24.8 Å². The smallest absolute Gasteiger partial charge is 0.213 e. The first kappa shape index (κ1) is 28.3. The van der Waals surface area contributed by atoms with Crippen LogP contribution >= 0.6 is 0 Å². The third-order valence-electron chi connectivity index (χ3n) is 7.56. The fourth-order valence-corrected chi connectivity index (χ4v) is 6.33. The van der Waals surface area contributed by atoms with E-state index in [4.69, 9.17) is 5.11 Å². The number of hydrogen-bond donors (Lipinski definition) is 1. The van der Waals surface area contributed by atoms with E-state index in [9.17, 15) is 13.0 Å². The van der Waals surface area contributed by atoms with Crippen molar-refractivity contribution in [2.75, 3.05) is 18.0 Å². The number of aromatic nitrogens is 1. The number of aromatic hydroxyl groups is 1. The van der Waals surface area contributed by atoms with Crippen LogP contribution < -0.4 is 9.47 Å². The van der Waals surface area contributed by atoms with E-state index in [1.165, 1.54) is 90.0 Å². The van der Waals surface area contributed by atoms with Crippen molar-refractivity contribution in [2.45, 2.75) is 37.6 Å². The Morgan fingerprint density at radius 2 is 1.46 bits per heavy atom. The van der Waals surface area contributed by atoms with Crippen LogP contribution in [0.3, 0.4) is 0 Å². The van der Waals surface area contributed by atoms with Gasteiger partial charge in [0.25, 0.3) is 0 Å². The van der Waals surface area contributed by atoms with Crippen molar-refractivity contribution in [3.8, 4) is 16.9 Å². The summed E-state index contributed by atoms with van der Waals surface area (Å²) in [5.74, 6) is -0.227. The minimum atomic E-state index is -4.47. The predicted molar refractivity (Wildman–Crippen MR) is 164 cm³/mol. The van der Waals surface area contributed by atoms with Crippen LogP contribution in [0.25, 0.3) is 32.9 Å². The zero-order valence-corrected chi connectivity index (χ0v) is 24.0. The van der Waals surface area contributed by atoms with Crippen molar-refractivity contribution in [3.05, 3.63) is 109 Å². The molecule has 0 spiro atoms. The van der Waals surface area contributed by atoms with E-state index in [1.807, 2.05) is 6.08 Å². The molecule has 1 aliphatic rings. The number of phenols is 1. The van der Waals surface area contributed by atoms with Crippen LogP contribution in [-0.4, -0.2) is 31.2 Å². The number of hydrogen-bond acceptors (Lipinski definition) is 5. The summed E-state index contributed by atoms with van der Waals surface area (Å²) in [6, 6.07) is 30.3. The summed E-state index contributed by atoms with van der Waals surface area (Å²) >= 11 is 0. The molecule has 1 aromatic heterocycles. The Bertz CT molecular complexity index is 1750. The van der Waals surface area contributed by atoms with E-state index in [0.29, 0.717) is 5.56 Å². The van der Waals surface area contributed by atoms with Crippen LogP contribution in [0.2, 0.25) is 0 Å². The van der Waals surface area contributed by atoms with Gasteiger partial charge in [-0.05, 0) is 79.8 Å². The molecular formula is C34H34N2O4S. The number of phenolic OH excluding ortho intramolecular Hbond substituents is 1. The monoisotopic (exact) mass is 566 g/mol. The standard InChI is InChI=1S/C27H27N2.C7H8O4S/c1-2-18-29-25-12-6-4-10-23(25)27(24-11-5-7-13-26(24)29)21-14-16-22(17-15-21)28-19-8-3-9-20-28;1-5-2-3-6(8)4-7(5)12(9,10)11/h2,4-7,10-17H,1,3,8-9,18-20H2;2-4,8H,1H3,(H,9,10,11)/q+1;/p-1. The molecule has 1 fully saturated rings. The SMILES string of the molecule is C=CC[n+]1c2ccccc2c(-c2ccc(N3CCCCC3)cc2)c2ccccc21.Cc1ccc(O)cc1S(=O)(=O)[O-]. The third kappa shape index (κ3) is 6.11. The molecule has 6 nitrogen and oxygen atoms in total. The number of aryl methyl sites for hydroxylation is 1. The summed E-state index contributed by atoms with van der Waals surface area (Å²) in [5.41, 5.74) is 6.79. The molecule has 5 aromatic rings. The summed E-state index contributed by atoms with van der Waals surface area (Å²) in [4.78, 5) is 2.15. The predicted octanol–water partition coefficient (Wildman–Crippen LogP) is 6.73. The molecular weight excluding hydrogens is 532 g/mol. The normalized spacial score (nSPS) is 13.6. The molecule has 41 heavy (non-hydrogen) atoms. The number of allylic oxidation sites excluding steroid dienone is 1. The Labute approximate surface area is 241 Å². The van der Waals surface area contributed by atoms with E-state index in [1.54, 1.807) is 0 Å². The highest BCUT2D eigenvalue weighted by atomic mass is 32.2. The second-order valence-corrected chi connectivity index (χ2v) is 11.7. The van der Waals surface area contributed by atoms with Gasteiger partial charge in [-0.25, -0.2) is 8.42 Å². The Kier molecular flexibility index (Phi) is 8.38. The molecule has 7 heteroatoms. The van der Waals surface area contributed by atoms with Crippen LogP contribution in [0.5, 0.6) is 5.75 Å². The molecule has 6 rings (SSSR count). The zero-order chi connectivity index (χ0) is 29.0. The number of piperidine rings is 1. The van der Waals surface area contributed by atoms with E-state index in [-0.39, 0.29) is 10.6 Å². The maximum absolute atomic E-state index is 10.5. The molecule has 0 unspecified atom stereocenters. The minimum Gasteiger partial charge on any atom is -0.744 e. The van der Waals surface area contributed by atoms with Gasteiger partial charge in [0.2, 0.25) is 11.0 Å². The number of rotatable bonds is 5. The second kappa shape index (κ2) is 12.1. The minimum absolute atomic E-state index is 0.227. The maximum atomic E-state index is 10.5. The van der Waals surface area contributed by atoms with Crippen molar-refractivity contribution in [1.29, 1.82) is 0 Å². The molecule has 0 aliphatic carbocycles. The first-order chi connectivity index (χ1) is 19.8. The van der Waals surface area contributed by atoms with Gasteiger partial charge in [-0.15, -0.1) is 0 Å². The Morgan fingerprint density at radius 3 is 2.00 bits per heavy atom. The zero-order valence-electron chi connectivity index (χ0n) is 23.2. The average molecular weight is 567 g/mol. The fourth-order valence-electron chi connectivity index (χ4n) is 5.60. The van der Waals surface area contributed by atoms with Gasteiger partial charge in [0.15, 0.2) is 6.54 Å². The highest BCUT2D eigenvalue weighted by molar-refractivity contribution is 7.85. The lowest BCUT2D eigenvalue weighted by molar-refractivity contribution is -0.634. The van der Waals surface area contributed by atoms with Gasteiger partial charge in [0.1, 0.15) is 15.9 Å². The number of para-hydroxylation sites is 2. The molecule has 4 aromatic carbocycles. The molecule has 0 saturated carbocycles. The van der Waals surface area contributed by atoms with Gasteiger partial charge in [-0.1, -0.05) is 49.0 Å². The number of pyridine rings is 1. The summed E-state index contributed by atoms with van der Waals surface area (Å²) in [6.07, 6.45) is 5.95. The summed E-state index contributed by atoms with van der Waals surface area (Å²) in [5, 5.41) is 11.5. The lowest BCUT2D eigenvalue weighted by Crippen LogP contribution is -2.34. The molecule has 0 radical (unpaired) electrons. The van der Waals surface area contributed by atoms with Gasteiger partial charge >= 0.3 is 0 Å². The van der Waals surface area contributed by atoms with Crippen LogP contribution in [0, 0.1) is 6.92 Å². The first-order valence-electron chi connectivity index (χ1n) is 13.8. The Morgan fingerprint density at radius 1 is 0.878 bits per heavy atom. The van der Waals surface area contributed by atoms with Gasteiger partial charge in [0, 0.05) is 36.5 Å². The van der Waals surface area contributed by atoms with Crippen molar-refractivity contribution < 1.29 is 22.6 Å². The van der Waals surface area contributed by atoms with Crippen molar-refractivity contribution >= 4 is 37.6 Å². The van der Waals surface area contributed by atoms with Gasteiger partial charge in [-0.2, -0.15) is 4.57 Å². The number of anilines is 1. The molecule has 1 saturated heterocycles. The number of benzene rings is 4. The van der Waals surface area contributed by atoms with E-state index in [2.05, 4.69) is 88.8 Å². The second-order valence-electron chi connectivity index (χ2n) is 10.3. The first-order valence-corrected chi connectivity index (χ1v) is 15.2. The quantitative estimate of drug-likeness (QED) is 0.110. The van der Waals surface area contributed by atoms with Gasteiger partial charge in [-0.3, -0.25) is 0 Å². The van der Waals surface area contributed by atoms with Crippen LogP contribution in [0.4, 0.5) is 5.69 Å². The van der Waals surface area contributed by atoms with Gasteiger partial charge in [0.05, 0.1) is 15.7 Å². The molecule has 2 heterocycles. The van der Waals surface area contributed by atoms with E-state index in [0.717, 1.165) is 12.6 Å².